The molecule has 0 saturated heterocycles. The van der Waals surface area contributed by atoms with Gasteiger partial charge in [-0.25, -0.2) is 15.9 Å². The minimum atomic E-state index is -4.98. The molecule has 4 rings (SSSR count). The number of aryl methyl sites for hydroxylation is 1. The Kier molecular flexibility index (Phi) is 9.14. The van der Waals surface area contributed by atoms with Crippen LogP contribution in [0.15, 0.2) is 41.6 Å². The largest absolute Gasteiger partial charge is 0.416 e. The summed E-state index contributed by atoms with van der Waals surface area (Å²) >= 11 is 0. The third-order valence-electron chi connectivity index (χ3n) is 7.52. The van der Waals surface area contributed by atoms with Gasteiger partial charge in [-0.1, -0.05) is 12.8 Å². The average molecular weight is 599 g/mol. The second kappa shape index (κ2) is 12.3. The van der Waals surface area contributed by atoms with E-state index in [2.05, 4.69) is 10.0 Å². The molecule has 0 spiro atoms. The number of anilines is 1. The van der Waals surface area contributed by atoms with Gasteiger partial charge in [-0.3, -0.25) is 0 Å². The van der Waals surface area contributed by atoms with Crippen molar-refractivity contribution in [2.24, 2.45) is 29.6 Å². The SMILES string of the molecule is CCN(CC1CCCC1)c1nc2ccn(C)c2cc1CN(Cc1cc(C(F)(F)F)cc(C(F)(F)F)c1)/C(N)=N/N(C)N. The number of alkyl halides is 6. The quantitative estimate of drug-likeness (QED) is 0.109. The van der Waals surface area contributed by atoms with E-state index in [1.165, 1.54) is 24.8 Å². The zero-order chi connectivity index (χ0) is 30.8. The highest BCUT2D eigenvalue weighted by Crippen LogP contribution is 2.37. The normalized spacial score (nSPS) is 15.0. The number of nitrogens with zero attached hydrogens (tertiary/aromatic N) is 6. The molecule has 8 nitrogen and oxygen atoms in total. The summed E-state index contributed by atoms with van der Waals surface area (Å²) in [5.74, 6) is 6.68. The first kappa shape index (κ1) is 31.3. The fourth-order valence-corrected chi connectivity index (χ4v) is 5.45. The van der Waals surface area contributed by atoms with Crippen molar-refractivity contribution >= 4 is 22.8 Å². The van der Waals surface area contributed by atoms with Crippen molar-refractivity contribution in [2.75, 3.05) is 25.0 Å². The van der Waals surface area contributed by atoms with Crippen molar-refractivity contribution in [3.05, 3.63) is 58.8 Å². The van der Waals surface area contributed by atoms with Crippen molar-refractivity contribution in [3.8, 4) is 0 Å². The van der Waals surface area contributed by atoms with Crippen molar-refractivity contribution in [3.63, 3.8) is 0 Å². The number of fused-ring (bicyclic) bond motifs is 1. The zero-order valence-corrected chi connectivity index (χ0v) is 23.8. The highest BCUT2D eigenvalue weighted by molar-refractivity contribution is 5.81. The van der Waals surface area contributed by atoms with Crippen LogP contribution in [0.5, 0.6) is 0 Å². The van der Waals surface area contributed by atoms with Gasteiger partial charge in [0.2, 0.25) is 5.96 Å². The molecular weight excluding hydrogens is 562 g/mol. The van der Waals surface area contributed by atoms with Crippen molar-refractivity contribution in [1.82, 2.24) is 19.6 Å². The van der Waals surface area contributed by atoms with Crippen LogP contribution in [-0.4, -0.2) is 45.7 Å². The Labute approximate surface area is 240 Å². The molecule has 0 atom stereocenters. The monoisotopic (exact) mass is 598 g/mol. The maximum absolute atomic E-state index is 13.6. The minimum absolute atomic E-state index is 0.00535. The first-order valence-electron chi connectivity index (χ1n) is 13.7. The van der Waals surface area contributed by atoms with Crippen molar-refractivity contribution in [2.45, 2.75) is 58.0 Å². The Morgan fingerprint density at radius 3 is 2.19 bits per heavy atom. The summed E-state index contributed by atoms with van der Waals surface area (Å²) in [7, 11) is 3.27. The minimum Gasteiger partial charge on any atom is -0.368 e. The number of hydrazone groups is 1. The first-order chi connectivity index (χ1) is 19.7. The molecule has 0 amide bonds. The summed E-state index contributed by atoms with van der Waals surface area (Å²) < 4.78 is 83.4. The molecule has 14 heteroatoms. The second-order valence-electron chi connectivity index (χ2n) is 10.8. The number of halogens is 6. The molecule has 0 radical (unpaired) electrons. The van der Waals surface area contributed by atoms with Crippen LogP contribution in [0.4, 0.5) is 32.2 Å². The number of benzene rings is 1. The Morgan fingerprint density at radius 1 is 1.02 bits per heavy atom. The van der Waals surface area contributed by atoms with Crippen molar-refractivity contribution < 1.29 is 26.3 Å². The molecule has 1 aliphatic rings. The molecule has 42 heavy (non-hydrogen) atoms. The molecule has 0 unspecified atom stereocenters. The zero-order valence-electron chi connectivity index (χ0n) is 23.8. The Bertz CT molecular complexity index is 1370. The van der Waals surface area contributed by atoms with Crippen LogP contribution in [0, 0.1) is 5.92 Å². The van der Waals surface area contributed by atoms with Gasteiger partial charge in [0.15, 0.2) is 0 Å². The average Bonchev–Trinajstić information content (AvgIpc) is 3.54. The molecule has 1 aromatic carbocycles. The molecule has 4 N–H and O–H groups in total. The molecule has 1 saturated carbocycles. The maximum Gasteiger partial charge on any atom is 0.416 e. The molecular formula is C28H36F6N8. The van der Waals surface area contributed by atoms with Gasteiger partial charge in [-0.2, -0.15) is 26.3 Å². The summed E-state index contributed by atoms with van der Waals surface area (Å²) in [5.41, 5.74) is 5.49. The van der Waals surface area contributed by atoms with E-state index in [0.717, 1.165) is 35.5 Å². The van der Waals surface area contributed by atoms with Crippen LogP contribution in [0.1, 0.15) is 54.9 Å². The third-order valence-corrected chi connectivity index (χ3v) is 7.52. The molecule has 1 fully saturated rings. The van der Waals surface area contributed by atoms with Crippen LogP contribution in [0.25, 0.3) is 11.0 Å². The predicted molar refractivity (Wildman–Crippen MR) is 150 cm³/mol. The van der Waals surface area contributed by atoms with Crippen LogP contribution >= 0.6 is 0 Å². The number of pyridine rings is 1. The van der Waals surface area contributed by atoms with E-state index in [1.54, 1.807) is 0 Å². The van der Waals surface area contributed by atoms with E-state index in [9.17, 15) is 26.3 Å². The fraction of sp³-hybridized carbons (Fsp3) is 0.500. The van der Waals surface area contributed by atoms with E-state index in [4.69, 9.17) is 16.6 Å². The second-order valence-corrected chi connectivity index (χ2v) is 10.8. The summed E-state index contributed by atoms with van der Waals surface area (Å²) in [6.45, 7) is 3.08. The van der Waals surface area contributed by atoms with Crippen LogP contribution in [0.2, 0.25) is 0 Å². The number of hydrogen-bond acceptors (Lipinski definition) is 5. The molecule has 0 bridgehead atoms. The topological polar surface area (TPSA) is 91.9 Å². The van der Waals surface area contributed by atoms with Gasteiger partial charge in [0, 0.05) is 52.0 Å². The molecule has 2 aromatic heterocycles. The highest BCUT2D eigenvalue weighted by atomic mass is 19.4. The standard InChI is InChI=1S/C28H36F6N8/c1-4-41(15-18-7-5-6-8-18)25-20(13-24-23(37-25)9-10-39(24)2)17-42(26(35)38-40(3)36)16-19-11-21(27(29,30)31)14-22(12-19)28(32,33)34/h9-14,18H,4-8,15-17,36H2,1-3H3,(H2,35,38). The van der Waals surface area contributed by atoms with E-state index in [0.29, 0.717) is 36.0 Å². The number of guanidine groups is 1. The lowest BCUT2D eigenvalue weighted by molar-refractivity contribution is -0.143. The third kappa shape index (κ3) is 7.39. The lowest BCUT2D eigenvalue weighted by Gasteiger charge is -2.30. The van der Waals surface area contributed by atoms with Gasteiger partial charge in [0.1, 0.15) is 5.82 Å². The van der Waals surface area contributed by atoms with Gasteiger partial charge >= 0.3 is 12.4 Å². The Hall–Kier alpha value is -3.68. The van der Waals surface area contributed by atoms with Gasteiger partial charge in [0.05, 0.1) is 22.2 Å². The van der Waals surface area contributed by atoms with Gasteiger partial charge in [-0.05, 0) is 61.6 Å². The van der Waals surface area contributed by atoms with E-state index >= 15 is 0 Å². The van der Waals surface area contributed by atoms with Crippen LogP contribution < -0.4 is 16.5 Å². The highest BCUT2D eigenvalue weighted by Gasteiger charge is 2.37. The van der Waals surface area contributed by atoms with Gasteiger partial charge in [0.25, 0.3) is 0 Å². The molecule has 3 aromatic rings. The molecule has 0 aliphatic heterocycles. The first-order valence-corrected chi connectivity index (χ1v) is 13.7. The van der Waals surface area contributed by atoms with Gasteiger partial charge in [-0.15, -0.1) is 5.10 Å². The number of hydrazine groups is 1. The fourth-order valence-electron chi connectivity index (χ4n) is 5.45. The smallest absolute Gasteiger partial charge is 0.368 e. The van der Waals surface area contributed by atoms with E-state index < -0.39 is 30.0 Å². The lowest BCUT2D eigenvalue weighted by atomic mass is 10.0. The summed E-state index contributed by atoms with van der Waals surface area (Å²) in [6.07, 6.45) is -3.51. The molecule has 2 heterocycles. The van der Waals surface area contributed by atoms with Crippen LogP contribution in [-0.2, 0) is 32.5 Å². The molecule has 1 aliphatic carbocycles. The summed E-state index contributed by atoms with van der Waals surface area (Å²) in [6, 6.07) is 5.31. The Balaban J connectivity index is 1.79. The number of rotatable bonds is 9. The predicted octanol–water partition coefficient (Wildman–Crippen LogP) is 5.66. The number of hydrogen-bond donors (Lipinski definition) is 2. The number of aromatic nitrogens is 2. The lowest BCUT2D eigenvalue weighted by Crippen LogP contribution is -2.40. The number of nitrogens with two attached hydrogens (primary N) is 2. The van der Waals surface area contributed by atoms with E-state index in [1.807, 2.05) is 36.9 Å². The van der Waals surface area contributed by atoms with Crippen molar-refractivity contribution in [1.29, 1.82) is 0 Å². The summed E-state index contributed by atoms with van der Waals surface area (Å²) in [4.78, 5) is 8.52. The van der Waals surface area contributed by atoms with E-state index in [-0.39, 0.29) is 24.1 Å². The van der Waals surface area contributed by atoms with Gasteiger partial charge < -0.3 is 20.1 Å². The maximum atomic E-state index is 13.6. The summed E-state index contributed by atoms with van der Waals surface area (Å²) in [5, 5.41) is 4.93. The molecule has 230 valence electrons. The Morgan fingerprint density at radius 2 is 1.64 bits per heavy atom. The van der Waals surface area contributed by atoms with Crippen LogP contribution in [0.3, 0.4) is 0 Å².